The van der Waals surface area contributed by atoms with Gasteiger partial charge in [0, 0.05) is 6.54 Å². The topological polar surface area (TPSA) is 58.6 Å². The maximum Gasteiger partial charge on any atom is 0.251 e. The molecule has 0 aromatic heterocycles. The summed E-state index contributed by atoms with van der Waals surface area (Å²) in [7, 11) is 0. The van der Waals surface area contributed by atoms with E-state index >= 15 is 0 Å². The molecule has 132 valence electrons. The van der Waals surface area contributed by atoms with Gasteiger partial charge in [-0.05, 0) is 6.42 Å². The van der Waals surface area contributed by atoms with Crippen LogP contribution < -0.4 is 5.32 Å². The largest absolute Gasteiger partial charge is 0.354 e. The van der Waals surface area contributed by atoms with Gasteiger partial charge in [0.05, 0.1) is 13.0 Å². The van der Waals surface area contributed by atoms with Gasteiger partial charge in [-0.1, -0.05) is 64.7 Å². The standard InChI is InChI=1S/C18H32N2O3/c1-2-3-4-5-6-7-8-9-10-11-12-19-18(22)15-14-20-16(21)13-17(20)23-15/h15,17H,2-14H2,1H3,(H,19,22)/t15-,17?/m1/s1. The number of amides is 2. The molecule has 2 atom stereocenters. The Hall–Kier alpha value is -1.10. The average molecular weight is 324 g/mol. The number of unbranched alkanes of at least 4 members (excludes halogenated alkanes) is 9. The van der Waals surface area contributed by atoms with Gasteiger partial charge in [-0.25, -0.2) is 0 Å². The summed E-state index contributed by atoms with van der Waals surface area (Å²) in [6.07, 6.45) is 12.8. The lowest BCUT2D eigenvalue weighted by molar-refractivity contribution is -0.158. The Labute approximate surface area is 140 Å². The smallest absolute Gasteiger partial charge is 0.251 e. The number of nitrogens with one attached hydrogen (secondary N) is 1. The van der Waals surface area contributed by atoms with Gasteiger partial charge in [0.1, 0.15) is 6.23 Å². The molecule has 2 aliphatic rings. The van der Waals surface area contributed by atoms with E-state index in [9.17, 15) is 9.59 Å². The van der Waals surface area contributed by atoms with Crippen molar-refractivity contribution in [3.63, 3.8) is 0 Å². The van der Waals surface area contributed by atoms with Gasteiger partial charge in [0.25, 0.3) is 5.91 Å². The van der Waals surface area contributed by atoms with Gasteiger partial charge >= 0.3 is 0 Å². The fraction of sp³-hybridized carbons (Fsp3) is 0.889. The number of β-lactam (4-membered cyclic amide) rings is 1. The van der Waals surface area contributed by atoms with Crippen molar-refractivity contribution in [1.29, 1.82) is 0 Å². The molecule has 0 spiro atoms. The molecule has 1 unspecified atom stereocenters. The van der Waals surface area contributed by atoms with E-state index in [0.29, 0.717) is 19.5 Å². The number of nitrogens with zero attached hydrogens (tertiary/aromatic N) is 1. The third-order valence-corrected chi connectivity index (χ3v) is 4.82. The molecule has 5 nitrogen and oxygen atoms in total. The zero-order valence-electron chi connectivity index (χ0n) is 14.5. The highest BCUT2D eigenvalue weighted by molar-refractivity contribution is 5.87. The summed E-state index contributed by atoms with van der Waals surface area (Å²) in [6.45, 7) is 3.39. The minimum absolute atomic E-state index is 0.0666. The molecular formula is C18H32N2O3. The summed E-state index contributed by atoms with van der Waals surface area (Å²) in [6, 6.07) is 0. The first-order valence-electron chi connectivity index (χ1n) is 9.45. The van der Waals surface area contributed by atoms with Gasteiger partial charge < -0.3 is 15.0 Å². The van der Waals surface area contributed by atoms with Crippen molar-refractivity contribution in [2.24, 2.45) is 0 Å². The first-order chi connectivity index (χ1) is 11.2. The van der Waals surface area contributed by atoms with Crippen LogP contribution in [0.2, 0.25) is 0 Å². The minimum atomic E-state index is -0.463. The molecule has 2 fully saturated rings. The van der Waals surface area contributed by atoms with E-state index in [1.807, 2.05) is 0 Å². The van der Waals surface area contributed by atoms with E-state index in [2.05, 4.69) is 12.2 Å². The summed E-state index contributed by atoms with van der Waals surface area (Å²) in [5.41, 5.74) is 0. The minimum Gasteiger partial charge on any atom is -0.354 e. The van der Waals surface area contributed by atoms with Gasteiger partial charge in [-0.15, -0.1) is 0 Å². The van der Waals surface area contributed by atoms with Crippen LogP contribution in [0.3, 0.4) is 0 Å². The van der Waals surface area contributed by atoms with E-state index < -0.39 is 6.10 Å². The summed E-state index contributed by atoms with van der Waals surface area (Å²) in [5, 5.41) is 2.93. The fourth-order valence-electron chi connectivity index (χ4n) is 3.26. The molecule has 2 rings (SSSR count). The maximum absolute atomic E-state index is 12.0. The predicted molar refractivity (Wildman–Crippen MR) is 89.8 cm³/mol. The Kier molecular flexibility index (Phi) is 7.86. The van der Waals surface area contributed by atoms with E-state index in [0.717, 1.165) is 6.42 Å². The highest BCUT2D eigenvalue weighted by Crippen LogP contribution is 2.28. The van der Waals surface area contributed by atoms with Crippen molar-refractivity contribution >= 4 is 11.8 Å². The molecule has 0 aromatic rings. The SMILES string of the molecule is CCCCCCCCCCCCNC(=O)[C@H]1CN2C(=O)CC2O1. The van der Waals surface area contributed by atoms with Crippen molar-refractivity contribution in [2.45, 2.75) is 89.9 Å². The molecule has 5 heteroatoms. The van der Waals surface area contributed by atoms with Crippen LogP contribution in [0.4, 0.5) is 0 Å². The van der Waals surface area contributed by atoms with Crippen LogP contribution >= 0.6 is 0 Å². The molecule has 2 saturated heterocycles. The second-order valence-electron chi connectivity index (χ2n) is 6.80. The second kappa shape index (κ2) is 9.91. The number of hydrogen-bond acceptors (Lipinski definition) is 3. The van der Waals surface area contributed by atoms with Crippen LogP contribution in [-0.2, 0) is 14.3 Å². The lowest BCUT2D eigenvalue weighted by atomic mass is 10.1. The summed E-state index contributed by atoms with van der Waals surface area (Å²) in [5.74, 6) is 0.0307. The van der Waals surface area contributed by atoms with Crippen molar-refractivity contribution < 1.29 is 14.3 Å². The van der Waals surface area contributed by atoms with Crippen molar-refractivity contribution in [2.75, 3.05) is 13.1 Å². The lowest BCUT2D eigenvalue weighted by Crippen LogP contribution is -2.48. The summed E-state index contributed by atoms with van der Waals surface area (Å²) < 4.78 is 5.54. The average Bonchev–Trinajstić information content (AvgIpc) is 2.89. The molecule has 0 saturated carbocycles. The van der Waals surface area contributed by atoms with Crippen LogP contribution in [0.15, 0.2) is 0 Å². The van der Waals surface area contributed by atoms with Crippen molar-refractivity contribution in [3.8, 4) is 0 Å². The molecule has 0 bridgehead atoms. The third-order valence-electron chi connectivity index (χ3n) is 4.82. The van der Waals surface area contributed by atoms with Gasteiger partial charge in [-0.3, -0.25) is 9.59 Å². The zero-order valence-corrected chi connectivity index (χ0v) is 14.5. The molecular weight excluding hydrogens is 292 g/mol. The Morgan fingerprint density at radius 3 is 2.26 bits per heavy atom. The number of rotatable bonds is 12. The van der Waals surface area contributed by atoms with Gasteiger partial charge in [0.15, 0.2) is 6.10 Å². The molecule has 0 radical (unpaired) electrons. The van der Waals surface area contributed by atoms with Gasteiger partial charge in [0.2, 0.25) is 5.91 Å². The molecule has 23 heavy (non-hydrogen) atoms. The molecule has 0 aromatic carbocycles. The Balaban J connectivity index is 1.38. The highest BCUT2D eigenvalue weighted by Gasteiger charge is 2.47. The first kappa shape index (κ1) is 18.2. The van der Waals surface area contributed by atoms with Crippen LogP contribution in [-0.4, -0.2) is 42.1 Å². The number of hydrogen-bond donors (Lipinski definition) is 1. The molecule has 2 heterocycles. The summed E-state index contributed by atoms with van der Waals surface area (Å²) in [4.78, 5) is 24.9. The molecule has 1 N–H and O–H groups in total. The van der Waals surface area contributed by atoms with Crippen molar-refractivity contribution in [1.82, 2.24) is 10.2 Å². The predicted octanol–water partition coefficient (Wildman–Crippen LogP) is 2.98. The second-order valence-corrected chi connectivity index (χ2v) is 6.80. The normalized spacial score (nSPS) is 22.8. The summed E-state index contributed by atoms with van der Waals surface area (Å²) >= 11 is 0. The Morgan fingerprint density at radius 2 is 1.70 bits per heavy atom. The fourth-order valence-corrected chi connectivity index (χ4v) is 3.26. The van der Waals surface area contributed by atoms with Gasteiger partial charge in [-0.2, -0.15) is 0 Å². The van der Waals surface area contributed by atoms with Crippen molar-refractivity contribution in [3.05, 3.63) is 0 Å². The Morgan fingerprint density at radius 1 is 1.09 bits per heavy atom. The van der Waals surface area contributed by atoms with E-state index in [-0.39, 0.29) is 18.0 Å². The monoisotopic (exact) mass is 324 g/mol. The number of carbonyl (C=O) groups is 2. The van der Waals surface area contributed by atoms with E-state index in [1.165, 1.54) is 57.8 Å². The lowest BCUT2D eigenvalue weighted by Gasteiger charge is -2.31. The van der Waals surface area contributed by atoms with Crippen LogP contribution in [0.1, 0.15) is 77.6 Å². The Bertz CT molecular complexity index is 386. The molecule has 2 aliphatic heterocycles. The number of carbonyl (C=O) groups excluding carboxylic acids is 2. The number of fused-ring (bicyclic) bond motifs is 1. The maximum atomic E-state index is 12.0. The number of ether oxygens (including phenoxy) is 1. The third kappa shape index (κ3) is 5.79. The van der Waals surface area contributed by atoms with Crippen LogP contribution in [0.5, 0.6) is 0 Å². The highest BCUT2D eigenvalue weighted by atomic mass is 16.5. The molecule has 0 aliphatic carbocycles. The van der Waals surface area contributed by atoms with E-state index in [1.54, 1.807) is 4.90 Å². The first-order valence-corrected chi connectivity index (χ1v) is 9.45. The molecule has 2 amide bonds. The van der Waals surface area contributed by atoms with E-state index in [4.69, 9.17) is 4.74 Å². The van der Waals surface area contributed by atoms with Crippen LogP contribution in [0, 0.1) is 0 Å². The zero-order chi connectivity index (χ0) is 16.5. The quantitative estimate of drug-likeness (QED) is 0.443. The van der Waals surface area contributed by atoms with Crippen LogP contribution in [0.25, 0.3) is 0 Å².